The third kappa shape index (κ3) is 2.39. The first-order valence-corrected chi connectivity index (χ1v) is 6.58. The maximum atomic E-state index is 13.6. The van der Waals surface area contributed by atoms with Crippen molar-refractivity contribution in [2.75, 3.05) is 0 Å². The van der Waals surface area contributed by atoms with Crippen LogP contribution in [0, 0.1) is 11.6 Å². The van der Waals surface area contributed by atoms with Gasteiger partial charge in [0, 0.05) is 12.5 Å². The van der Waals surface area contributed by atoms with E-state index >= 15 is 0 Å². The summed E-state index contributed by atoms with van der Waals surface area (Å²) in [6, 6.07) is 11.5. The van der Waals surface area contributed by atoms with Crippen molar-refractivity contribution < 1.29 is 13.5 Å². The Morgan fingerprint density at radius 2 is 1.95 bits per heavy atom. The van der Waals surface area contributed by atoms with E-state index in [4.69, 9.17) is 10.5 Å². The predicted molar refractivity (Wildman–Crippen MR) is 72.6 cm³/mol. The SMILES string of the molecule is NC(Cc1cccc(F)c1F)C1Cc2ccccc2O1. The standard InChI is InChI=1S/C16H15F2NO/c17-12-6-3-5-11(16(12)18)8-13(19)15-9-10-4-1-2-7-14(10)20-15/h1-7,13,15H,8-9,19H2. The van der Waals surface area contributed by atoms with Gasteiger partial charge in [0.1, 0.15) is 11.9 Å². The minimum Gasteiger partial charge on any atom is -0.488 e. The van der Waals surface area contributed by atoms with Gasteiger partial charge in [-0.2, -0.15) is 0 Å². The minimum absolute atomic E-state index is 0.199. The molecule has 20 heavy (non-hydrogen) atoms. The summed E-state index contributed by atoms with van der Waals surface area (Å²) in [4.78, 5) is 0. The molecule has 0 amide bonds. The van der Waals surface area contributed by atoms with Crippen LogP contribution < -0.4 is 10.5 Å². The molecule has 0 saturated carbocycles. The molecule has 104 valence electrons. The van der Waals surface area contributed by atoms with E-state index in [9.17, 15) is 8.78 Å². The molecule has 0 fully saturated rings. The van der Waals surface area contributed by atoms with E-state index in [-0.39, 0.29) is 24.1 Å². The zero-order chi connectivity index (χ0) is 14.1. The summed E-state index contributed by atoms with van der Waals surface area (Å²) in [6.07, 6.45) is 0.756. The van der Waals surface area contributed by atoms with Crippen molar-refractivity contribution >= 4 is 0 Å². The number of para-hydroxylation sites is 1. The smallest absolute Gasteiger partial charge is 0.162 e. The van der Waals surface area contributed by atoms with Crippen LogP contribution in [-0.4, -0.2) is 12.1 Å². The Balaban J connectivity index is 1.72. The topological polar surface area (TPSA) is 35.2 Å². The van der Waals surface area contributed by atoms with E-state index < -0.39 is 11.6 Å². The number of nitrogens with two attached hydrogens (primary N) is 1. The van der Waals surface area contributed by atoms with E-state index in [2.05, 4.69) is 0 Å². The largest absolute Gasteiger partial charge is 0.488 e. The van der Waals surface area contributed by atoms with Gasteiger partial charge in [0.2, 0.25) is 0 Å². The van der Waals surface area contributed by atoms with E-state index in [1.165, 1.54) is 6.07 Å². The van der Waals surface area contributed by atoms with Crippen molar-refractivity contribution in [3.8, 4) is 5.75 Å². The van der Waals surface area contributed by atoms with Gasteiger partial charge in [-0.25, -0.2) is 8.78 Å². The number of rotatable bonds is 3. The Morgan fingerprint density at radius 3 is 2.75 bits per heavy atom. The molecule has 1 aliphatic rings. The van der Waals surface area contributed by atoms with E-state index in [0.717, 1.165) is 17.4 Å². The number of halogens is 2. The molecule has 0 radical (unpaired) electrons. The van der Waals surface area contributed by atoms with Gasteiger partial charge in [-0.3, -0.25) is 0 Å². The minimum atomic E-state index is -0.842. The molecule has 2 aromatic carbocycles. The molecule has 0 aliphatic carbocycles. The average molecular weight is 275 g/mol. The molecule has 2 aromatic rings. The highest BCUT2D eigenvalue weighted by Crippen LogP contribution is 2.30. The zero-order valence-electron chi connectivity index (χ0n) is 10.9. The third-order valence-electron chi connectivity index (χ3n) is 3.64. The molecule has 0 spiro atoms. The first-order valence-electron chi connectivity index (χ1n) is 6.58. The molecule has 4 heteroatoms. The number of benzene rings is 2. The summed E-state index contributed by atoms with van der Waals surface area (Å²) >= 11 is 0. The molecule has 3 rings (SSSR count). The average Bonchev–Trinajstić information content (AvgIpc) is 2.88. The molecule has 0 bridgehead atoms. The summed E-state index contributed by atoms with van der Waals surface area (Å²) in [7, 11) is 0. The van der Waals surface area contributed by atoms with Crippen molar-refractivity contribution in [1.82, 2.24) is 0 Å². The fraction of sp³-hybridized carbons (Fsp3) is 0.250. The van der Waals surface area contributed by atoms with E-state index in [0.29, 0.717) is 6.42 Å². The first-order chi connectivity index (χ1) is 9.65. The van der Waals surface area contributed by atoms with Gasteiger partial charge >= 0.3 is 0 Å². The maximum Gasteiger partial charge on any atom is 0.162 e. The van der Waals surface area contributed by atoms with Crippen LogP contribution in [0.1, 0.15) is 11.1 Å². The molecule has 2 N–H and O–H groups in total. The molecular formula is C16H15F2NO. The molecule has 0 aromatic heterocycles. The van der Waals surface area contributed by atoms with Crippen molar-refractivity contribution in [3.05, 3.63) is 65.2 Å². The van der Waals surface area contributed by atoms with Crippen LogP contribution in [-0.2, 0) is 12.8 Å². The normalized spacial score (nSPS) is 18.4. The molecule has 1 heterocycles. The molecule has 2 nitrogen and oxygen atoms in total. The molecule has 2 atom stereocenters. The zero-order valence-corrected chi connectivity index (χ0v) is 10.9. The van der Waals surface area contributed by atoms with Gasteiger partial charge in [0.15, 0.2) is 11.6 Å². The summed E-state index contributed by atoms with van der Waals surface area (Å²) in [5.41, 5.74) is 7.49. The van der Waals surface area contributed by atoms with Crippen LogP contribution in [0.3, 0.4) is 0 Å². The van der Waals surface area contributed by atoms with Crippen molar-refractivity contribution in [3.63, 3.8) is 0 Å². The van der Waals surface area contributed by atoms with Crippen LogP contribution in [0.2, 0.25) is 0 Å². The van der Waals surface area contributed by atoms with Gasteiger partial charge < -0.3 is 10.5 Å². The summed E-state index contributed by atoms with van der Waals surface area (Å²) in [6.45, 7) is 0. The summed E-state index contributed by atoms with van der Waals surface area (Å²) in [5, 5.41) is 0. The fourth-order valence-electron chi connectivity index (χ4n) is 2.54. The third-order valence-corrected chi connectivity index (χ3v) is 3.64. The lowest BCUT2D eigenvalue weighted by atomic mass is 9.98. The van der Waals surface area contributed by atoms with E-state index in [1.807, 2.05) is 24.3 Å². The summed E-state index contributed by atoms with van der Waals surface area (Å²) in [5.74, 6) is -0.837. The van der Waals surface area contributed by atoms with Crippen LogP contribution in [0.4, 0.5) is 8.78 Å². The lowest BCUT2D eigenvalue weighted by Gasteiger charge is -2.19. The maximum absolute atomic E-state index is 13.6. The van der Waals surface area contributed by atoms with Gasteiger partial charge in [0.25, 0.3) is 0 Å². The highest BCUT2D eigenvalue weighted by atomic mass is 19.2. The monoisotopic (exact) mass is 275 g/mol. The van der Waals surface area contributed by atoms with Crippen molar-refractivity contribution in [1.29, 1.82) is 0 Å². The van der Waals surface area contributed by atoms with E-state index in [1.54, 1.807) is 6.07 Å². The Bertz CT molecular complexity index is 605. The van der Waals surface area contributed by atoms with Gasteiger partial charge in [0.05, 0.1) is 0 Å². The van der Waals surface area contributed by atoms with Crippen molar-refractivity contribution in [2.24, 2.45) is 5.73 Å². The predicted octanol–water partition coefficient (Wildman–Crippen LogP) is 2.84. The summed E-state index contributed by atoms with van der Waals surface area (Å²) < 4.78 is 32.6. The van der Waals surface area contributed by atoms with Crippen LogP contribution >= 0.6 is 0 Å². The number of hydrogen-bond acceptors (Lipinski definition) is 2. The lowest BCUT2D eigenvalue weighted by Crippen LogP contribution is -2.39. The van der Waals surface area contributed by atoms with Gasteiger partial charge in [-0.15, -0.1) is 0 Å². The Morgan fingerprint density at radius 1 is 1.15 bits per heavy atom. The highest BCUT2D eigenvalue weighted by molar-refractivity contribution is 5.37. The number of fused-ring (bicyclic) bond motifs is 1. The second kappa shape index (κ2) is 5.21. The second-order valence-corrected chi connectivity index (χ2v) is 5.05. The van der Waals surface area contributed by atoms with Crippen molar-refractivity contribution in [2.45, 2.75) is 25.0 Å². The van der Waals surface area contributed by atoms with Gasteiger partial charge in [-0.05, 0) is 29.7 Å². The quantitative estimate of drug-likeness (QED) is 0.935. The molecule has 0 saturated heterocycles. The van der Waals surface area contributed by atoms with Crippen LogP contribution in [0.15, 0.2) is 42.5 Å². The Labute approximate surface area is 116 Å². The fourth-order valence-corrected chi connectivity index (χ4v) is 2.54. The van der Waals surface area contributed by atoms with Crippen LogP contribution in [0.5, 0.6) is 5.75 Å². The second-order valence-electron chi connectivity index (χ2n) is 5.05. The first kappa shape index (κ1) is 13.1. The molecule has 2 unspecified atom stereocenters. The molecular weight excluding hydrogens is 260 g/mol. The Hall–Kier alpha value is -1.94. The Kier molecular flexibility index (Phi) is 3.40. The van der Waals surface area contributed by atoms with Gasteiger partial charge in [-0.1, -0.05) is 30.3 Å². The highest BCUT2D eigenvalue weighted by Gasteiger charge is 2.28. The lowest BCUT2D eigenvalue weighted by molar-refractivity contribution is 0.197. The number of hydrogen-bond donors (Lipinski definition) is 1. The number of ether oxygens (including phenoxy) is 1. The molecule has 1 aliphatic heterocycles. The van der Waals surface area contributed by atoms with Crippen LogP contribution in [0.25, 0.3) is 0 Å².